The number of anilines is 3. The summed E-state index contributed by atoms with van der Waals surface area (Å²) in [6, 6.07) is 12.2. The number of rotatable bonds is 3. The van der Waals surface area contributed by atoms with Gasteiger partial charge in [0, 0.05) is 23.3 Å². The van der Waals surface area contributed by atoms with Gasteiger partial charge in [-0.05, 0) is 61.9 Å². The van der Waals surface area contributed by atoms with Crippen molar-refractivity contribution in [3.63, 3.8) is 0 Å². The average Bonchev–Trinajstić information content (AvgIpc) is 3.46. The van der Waals surface area contributed by atoms with Crippen LogP contribution in [-0.2, 0) is 0 Å². The van der Waals surface area contributed by atoms with E-state index < -0.39 is 5.54 Å². The number of nitrogens with zero attached hydrogens (tertiary/aromatic N) is 3. The van der Waals surface area contributed by atoms with Gasteiger partial charge in [0.05, 0.1) is 18.3 Å². The number of hydrogen-bond acceptors (Lipinski definition) is 5. The first-order valence-electron chi connectivity index (χ1n) is 10.9. The zero-order valence-corrected chi connectivity index (χ0v) is 18.5. The number of fused-ring (bicyclic) bond motifs is 1. The molecule has 3 N–H and O–H groups in total. The molecule has 8 heteroatoms. The van der Waals surface area contributed by atoms with Crippen LogP contribution in [0.2, 0.25) is 0 Å². The van der Waals surface area contributed by atoms with Gasteiger partial charge in [0.15, 0.2) is 5.82 Å². The van der Waals surface area contributed by atoms with Crippen LogP contribution in [0.5, 0.6) is 0 Å². The summed E-state index contributed by atoms with van der Waals surface area (Å²) in [5.74, 6) is 1.73. The third-order valence-electron chi connectivity index (χ3n) is 6.41. The summed E-state index contributed by atoms with van der Waals surface area (Å²) in [7, 11) is 0. The van der Waals surface area contributed by atoms with Crippen LogP contribution in [0.1, 0.15) is 32.1 Å². The van der Waals surface area contributed by atoms with Gasteiger partial charge in [0.25, 0.3) is 0 Å². The van der Waals surface area contributed by atoms with E-state index in [2.05, 4.69) is 20.9 Å². The Kier molecular flexibility index (Phi) is 5.48. The molecule has 0 bridgehead atoms. The second-order valence-corrected chi connectivity index (χ2v) is 9.36. The van der Waals surface area contributed by atoms with Crippen molar-refractivity contribution in [2.45, 2.75) is 48.6 Å². The zero-order chi connectivity index (χ0) is 21.3. The molecule has 2 fully saturated rings. The predicted molar refractivity (Wildman–Crippen MR) is 127 cm³/mol. The summed E-state index contributed by atoms with van der Waals surface area (Å²) in [5.41, 5.74) is 1.37. The molecule has 3 aliphatic rings. The molecule has 1 spiro atoms. The van der Waals surface area contributed by atoms with Gasteiger partial charge in [0.2, 0.25) is 0 Å². The highest BCUT2D eigenvalue weighted by atomic mass is 32.2. The fraction of sp³-hybridized carbons (Fsp3) is 0.435. The van der Waals surface area contributed by atoms with Crippen LogP contribution >= 0.6 is 11.8 Å². The van der Waals surface area contributed by atoms with Gasteiger partial charge in [-0.25, -0.2) is 9.78 Å². The van der Waals surface area contributed by atoms with Crippen LogP contribution in [0.15, 0.2) is 52.5 Å². The highest BCUT2D eigenvalue weighted by molar-refractivity contribution is 7.98. The van der Waals surface area contributed by atoms with E-state index >= 15 is 0 Å². The second-order valence-electron chi connectivity index (χ2n) is 8.48. The normalized spacial score (nSPS) is 24.2. The van der Waals surface area contributed by atoms with Gasteiger partial charge < -0.3 is 20.9 Å². The van der Waals surface area contributed by atoms with Crippen LogP contribution in [0.4, 0.5) is 22.0 Å². The van der Waals surface area contributed by atoms with E-state index in [1.54, 1.807) is 18.0 Å². The van der Waals surface area contributed by atoms with Gasteiger partial charge in [-0.15, -0.1) is 11.8 Å². The molecule has 0 radical (unpaired) electrons. The van der Waals surface area contributed by atoms with Gasteiger partial charge in [-0.2, -0.15) is 0 Å². The van der Waals surface area contributed by atoms with E-state index in [-0.39, 0.29) is 6.03 Å². The Morgan fingerprint density at radius 1 is 1.26 bits per heavy atom. The highest BCUT2D eigenvalue weighted by Crippen LogP contribution is 2.36. The van der Waals surface area contributed by atoms with Crippen molar-refractivity contribution in [1.29, 1.82) is 0 Å². The van der Waals surface area contributed by atoms with Crippen molar-refractivity contribution >= 4 is 40.8 Å². The van der Waals surface area contributed by atoms with E-state index in [0.717, 1.165) is 42.3 Å². The number of nitrogens with one attached hydrogen (secondary N) is 3. The molecule has 7 nitrogen and oxygen atoms in total. The molecule has 1 aromatic heterocycles. The van der Waals surface area contributed by atoms with Crippen molar-refractivity contribution in [2.24, 2.45) is 4.99 Å². The highest BCUT2D eigenvalue weighted by Gasteiger charge is 2.47. The molecule has 31 heavy (non-hydrogen) atoms. The SMILES string of the molecule is CSc1ccc(NC(=O)N2CC[C@@]3(C2)Nc2cccnc2NC3=NC2CCCC2)cc1. The largest absolute Gasteiger partial charge is 0.368 e. The molecule has 0 unspecified atom stereocenters. The first-order valence-corrected chi connectivity index (χ1v) is 12.2. The van der Waals surface area contributed by atoms with Crippen molar-refractivity contribution in [3.8, 4) is 0 Å². The molecule has 1 saturated heterocycles. The van der Waals surface area contributed by atoms with Crippen molar-refractivity contribution < 1.29 is 4.79 Å². The summed E-state index contributed by atoms with van der Waals surface area (Å²) in [6.07, 6.45) is 9.37. The third-order valence-corrected chi connectivity index (χ3v) is 7.15. The first-order chi connectivity index (χ1) is 15.1. The summed E-state index contributed by atoms with van der Waals surface area (Å²) >= 11 is 1.69. The summed E-state index contributed by atoms with van der Waals surface area (Å²) in [5, 5.41) is 10.2. The lowest BCUT2D eigenvalue weighted by Crippen LogP contribution is -2.55. The van der Waals surface area contributed by atoms with Crippen LogP contribution in [0.25, 0.3) is 0 Å². The number of urea groups is 1. The third kappa shape index (κ3) is 4.08. The lowest BCUT2D eigenvalue weighted by molar-refractivity contribution is 0.221. The van der Waals surface area contributed by atoms with Gasteiger partial charge in [0.1, 0.15) is 11.4 Å². The maximum absolute atomic E-state index is 13.0. The molecule has 1 aromatic carbocycles. The van der Waals surface area contributed by atoms with E-state index in [1.165, 1.54) is 17.7 Å². The number of benzene rings is 1. The summed E-state index contributed by atoms with van der Waals surface area (Å²) in [4.78, 5) is 25.6. The molecule has 1 saturated carbocycles. The van der Waals surface area contributed by atoms with Gasteiger partial charge >= 0.3 is 6.03 Å². The van der Waals surface area contributed by atoms with E-state index in [9.17, 15) is 4.79 Å². The molecular formula is C23H28N6OS. The molecule has 5 rings (SSSR count). The Morgan fingerprint density at radius 3 is 2.84 bits per heavy atom. The van der Waals surface area contributed by atoms with Gasteiger partial charge in [-0.3, -0.25) is 4.99 Å². The fourth-order valence-electron chi connectivity index (χ4n) is 4.68. The predicted octanol–water partition coefficient (Wildman–Crippen LogP) is 4.66. The number of hydrogen-bond donors (Lipinski definition) is 3. The Bertz CT molecular complexity index is 988. The fourth-order valence-corrected chi connectivity index (χ4v) is 5.09. The Balaban J connectivity index is 1.36. The molecule has 3 heterocycles. The zero-order valence-electron chi connectivity index (χ0n) is 17.7. The number of thioether (sulfide) groups is 1. The number of pyridine rings is 1. The molecule has 2 aromatic rings. The number of carbonyl (C=O) groups excluding carboxylic acids is 1. The van der Waals surface area contributed by atoms with E-state index in [0.29, 0.717) is 19.1 Å². The molecule has 162 valence electrons. The van der Waals surface area contributed by atoms with Crippen molar-refractivity contribution in [2.75, 3.05) is 35.3 Å². The van der Waals surface area contributed by atoms with Crippen LogP contribution in [-0.4, -0.2) is 52.7 Å². The summed E-state index contributed by atoms with van der Waals surface area (Å²) < 4.78 is 0. The molecule has 1 atom stereocenters. The Morgan fingerprint density at radius 2 is 2.06 bits per heavy atom. The van der Waals surface area contributed by atoms with Crippen LogP contribution in [0.3, 0.4) is 0 Å². The number of amidine groups is 1. The van der Waals surface area contributed by atoms with Crippen molar-refractivity contribution in [3.05, 3.63) is 42.6 Å². The quantitative estimate of drug-likeness (QED) is 0.610. The molecule has 2 aliphatic heterocycles. The minimum Gasteiger partial charge on any atom is -0.368 e. The van der Waals surface area contributed by atoms with Crippen LogP contribution < -0.4 is 16.0 Å². The second kappa shape index (κ2) is 8.42. The van der Waals surface area contributed by atoms with E-state index in [4.69, 9.17) is 4.99 Å². The minimum atomic E-state index is -0.404. The number of aromatic nitrogens is 1. The number of likely N-dealkylation sites (tertiary alicyclic amines) is 1. The number of amides is 2. The maximum atomic E-state index is 13.0. The molecule has 2 amide bonds. The lowest BCUT2D eigenvalue weighted by atomic mass is 9.93. The van der Waals surface area contributed by atoms with E-state index in [1.807, 2.05) is 47.6 Å². The standard InChI is InChI=1S/C23H28N6OS/c1-31-18-10-8-17(9-11-18)26-22(30)29-14-12-23(15-29)21(25-16-5-2-3-6-16)27-20-19(28-23)7-4-13-24-20/h4,7-11,13,16,28H,2-3,5-6,12,14-15H2,1H3,(H,26,30)(H,24,25,27)/t23-/m0/s1. The van der Waals surface area contributed by atoms with Crippen LogP contribution in [0, 0.1) is 0 Å². The average molecular weight is 437 g/mol. The minimum absolute atomic E-state index is 0.0761. The monoisotopic (exact) mass is 436 g/mol. The first kappa shape index (κ1) is 20.2. The lowest BCUT2D eigenvalue weighted by Gasteiger charge is -2.38. The number of carbonyl (C=O) groups is 1. The van der Waals surface area contributed by atoms with Crippen molar-refractivity contribution in [1.82, 2.24) is 9.88 Å². The number of aliphatic imine (C=N–C) groups is 1. The topological polar surface area (TPSA) is 81.7 Å². The van der Waals surface area contributed by atoms with Gasteiger partial charge in [-0.1, -0.05) is 12.8 Å². The Hall–Kier alpha value is -2.74. The molecular weight excluding hydrogens is 408 g/mol. The molecule has 1 aliphatic carbocycles. The Labute approximate surface area is 187 Å². The summed E-state index contributed by atoms with van der Waals surface area (Å²) in [6.45, 7) is 1.23. The maximum Gasteiger partial charge on any atom is 0.321 e. The smallest absolute Gasteiger partial charge is 0.321 e.